The van der Waals surface area contributed by atoms with Crippen LogP contribution in [-0.4, -0.2) is 35.2 Å². The van der Waals surface area contributed by atoms with E-state index in [4.69, 9.17) is 0 Å². The second-order valence-electron chi connectivity index (χ2n) is 6.14. The zero-order valence-electron chi connectivity index (χ0n) is 11.6. The number of nitrogens with zero attached hydrogens (tertiary/aromatic N) is 1. The number of hydrogen-bond acceptors (Lipinski definition) is 3. The van der Waals surface area contributed by atoms with E-state index in [2.05, 4.69) is 10.2 Å². The van der Waals surface area contributed by atoms with Crippen molar-refractivity contribution in [2.75, 3.05) is 19.6 Å². The topological polar surface area (TPSA) is 35.5 Å². The number of piperazine rings is 1. The first-order valence-corrected chi connectivity index (χ1v) is 7.51. The van der Waals surface area contributed by atoms with Gasteiger partial charge in [-0.25, -0.2) is 0 Å². The molecule has 0 amide bonds. The van der Waals surface area contributed by atoms with E-state index in [1.54, 1.807) is 12.1 Å². The lowest BCUT2D eigenvalue weighted by molar-refractivity contribution is 0.0945. The van der Waals surface area contributed by atoms with Crippen LogP contribution in [0.4, 0.5) is 0 Å². The van der Waals surface area contributed by atoms with Gasteiger partial charge >= 0.3 is 0 Å². The van der Waals surface area contributed by atoms with Crippen LogP contribution in [-0.2, 0) is 6.54 Å². The standard InChI is InChI=1S/C16H24N2O/c19-15-6-4-14(5-7-15)12-18-11-10-17-16(13-18)8-2-1-3-9-16/h4-7,17,19H,1-3,8-13H2. The first-order valence-electron chi connectivity index (χ1n) is 7.51. The summed E-state index contributed by atoms with van der Waals surface area (Å²) in [7, 11) is 0. The molecule has 3 heteroatoms. The maximum absolute atomic E-state index is 9.34. The average Bonchev–Trinajstić information content (AvgIpc) is 2.42. The number of phenols is 1. The van der Waals surface area contributed by atoms with Crippen LogP contribution < -0.4 is 5.32 Å². The maximum Gasteiger partial charge on any atom is 0.115 e. The predicted molar refractivity (Wildman–Crippen MR) is 77.2 cm³/mol. The molecular weight excluding hydrogens is 236 g/mol. The molecule has 0 bridgehead atoms. The second kappa shape index (κ2) is 5.51. The Balaban J connectivity index is 1.63. The fraction of sp³-hybridized carbons (Fsp3) is 0.625. The molecule has 1 spiro atoms. The summed E-state index contributed by atoms with van der Waals surface area (Å²) in [5.74, 6) is 0.354. The van der Waals surface area contributed by atoms with Gasteiger partial charge < -0.3 is 10.4 Å². The molecule has 0 unspecified atom stereocenters. The third-order valence-electron chi connectivity index (χ3n) is 4.61. The Morgan fingerprint density at radius 1 is 1.11 bits per heavy atom. The molecule has 3 nitrogen and oxygen atoms in total. The third kappa shape index (κ3) is 3.10. The Hall–Kier alpha value is -1.06. The molecule has 19 heavy (non-hydrogen) atoms. The normalized spacial score (nSPS) is 23.6. The third-order valence-corrected chi connectivity index (χ3v) is 4.61. The Bertz CT molecular complexity index is 404. The van der Waals surface area contributed by atoms with Crippen LogP contribution in [0, 0.1) is 0 Å². The summed E-state index contributed by atoms with van der Waals surface area (Å²) < 4.78 is 0. The minimum Gasteiger partial charge on any atom is -0.508 e. The summed E-state index contributed by atoms with van der Waals surface area (Å²) in [5, 5.41) is 13.1. The smallest absolute Gasteiger partial charge is 0.115 e. The fourth-order valence-electron chi connectivity index (χ4n) is 3.60. The maximum atomic E-state index is 9.34. The predicted octanol–water partition coefficient (Wildman–Crippen LogP) is 2.50. The molecule has 3 rings (SSSR count). The summed E-state index contributed by atoms with van der Waals surface area (Å²) >= 11 is 0. The highest BCUT2D eigenvalue weighted by atomic mass is 16.3. The van der Waals surface area contributed by atoms with Crippen LogP contribution in [0.25, 0.3) is 0 Å². The van der Waals surface area contributed by atoms with Crippen LogP contribution in [0.2, 0.25) is 0 Å². The van der Waals surface area contributed by atoms with Crippen LogP contribution >= 0.6 is 0 Å². The molecule has 1 saturated carbocycles. The Morgan fingerprint density at radius 3 is 2.58 bits per heavy atom. The van der Waals surface area contributed by atoms with E-state index in [1.807, 2.05) is 12.1 Å². The molecule has 2 aliphatic rings. The molecule has 1 aliphatic heterocycles. The highest BCUT2D eigenvalue weighted by Gasteiger charge is 2.35. The Morgan fingerprint density at radius 2 is 1.84 bits per heavy atom. The molecule has 1 saturated heterocycles. The summed E-state index contributed by atoms with van der Waals surface area (Å²) in [6, 6.07) is 7.64. The van der Waals surface area contributed by atoms with E-state index in [-0.39, 0.29) is 0 Å². The minimum atomic E-state index is 0.354. The van der Waals surface area contributed by atoms with Crippen LogP contribution in [0.3, 0.4) is 0 Å². The van der Waals surface area contributed by atoms with Crippen molar-refractivity contribution in [3.05, 3.63) is 29.8 Å². The molecule has 0 atom stereocenters. The van der Waals surface area contributed by atoms with Crippen molar-refractivity contribution in [1.82, 2.24) is 10.2 Å². The van der Waals surface area contributed by atoms with Crippen LogP contribution in [0.5, 0.6) is 5.75 Å². The number of benzene rings is 1. The van der Waals surface area contributed by atoms with E-state index in [1.165, 1.54) is 44.2 Å². The van der Waals surface area contributed by atoms with Crippen molar-refractivity contribution >= 4 is 0 Å². The molecule has 2 N–H and O–H groups in total. The molecule has 1 aromatic rings. The highest BCUT2D eigenvalue weighted by molar-refractivity contribution is 5.25. The lowest BCUT2D eigenvalue weighted by Crippen LogP contribution is -2.60. The zero-order chi connectivity index (χ0) is 13.1. The largest absolute Gasteiger partial charge is 0.508 e. The number of aromatic hydroxyl groups is 1. The summed E-state index contributed by atoms with van der Waals surface area (Å²) in [6.07, 6.45) is 6.82. The van der Waals surface area contributed by atoms with E-state index >= 15 is 0 Å². The number of nitrogens with one attached hydrogen (secondary N) is 1. The van der Waals surface area contributed by atoms with Gasteiger partial charge in [0.15, 0.2) is 0 Å². The molecule has 0 aromatic heterocycles. The Labute approximate surface area is 115 Å². The average molecular weight is 260 g/mol. The monoisotopic (exact) mass is 260 g/mol. The zero-order valence-corrected chi connectivity index (χ0v) is 11.6. The van der Waals surface area contributed by atoms with Gasteiger partial charge in [-0.15, -0.1) is 0 Å². The van der Waals surface area contributed by atoms with Crippen molar-refractivity contribution in [2.45, 2.75) is 44.2 Å². The van der Waals surface area contributed by atoms with E-state index < -0.39 is 0 Å². The van der Waals surface area contributed by atoms with E-state index in [0.717, 1.165) is 19.6 Å². The first-order chi connectivity index (χ1) is 9.26. The molecule has 1 aliphatic carbocycles. The summed E-state index contributed by atoms with van der Waals surface area (Å²) in [5.41, 5.74) is 1.68. The molecule has 1 aromatic carbocycles. The second-order valence-corrected chi connectivity index (χ2v) is 6.14. The van der Waals surface area contributed by atoms with Gasteiger partial charge in [0.05, 0.1) is 0 Å². The lowest BCUT2D eigenvalue weighted by Gasteiger charge is -2.46. The van der Waals surface area contributed by atoms with E-state index in [0.29, 0.717) is 11.3 Å². The quantitative estimate of drug-likeness (QED) is 0.857. The minimum absolute atomic E-state index is 0.354. The van der Waals surface area contributed by atoms with Gasteiger partial charge in [-0.2, -0.15) is 0 Å². The van der Waals surface area contributed by atoms with Crippen LogP contribution in [0.1, 0.15) is 37.7 Å². The Kier molecular flexibility index (Phi) is 3.76. The number of rotatable bonds is 2. The molecule has 2 fully saturated rings. The first kappa shape index (κ1) is 12.9. The van der Waals surface area contributed by atoms with Gasteiger partial charge in [-0.05, 0) is 30.5 Å². The van der Waals surface area contributed by atoms with Crippen molar-refractivity contribution in [3.63, 3.8) is 0 Å². The van der Waals surface area contributed by atoms with E-state index in [9.17, 15) is 5.11 Å². The van der Waals surface area contributed by atoms with Crippen LogP contribution in [0.15, 0.2) is 24.3 Å². The van der Waals surface area contributed by atoms with Crippen molar-refractivity contribution in [1.29, 1.82) is 0 Å². The molecular formula is C16H24N2O. The van der Waals surface area contributed by atoms with Gasteiger partial charge in [-0.3, -0.25) is 4.90 Å². The van der Waals surface area contributed by atoms with Crippen molar-refractivity contribution in [3.8, 4) is 5.75 Å². The molecule has 0 radical (unpaired) electrons. The van der Waals surface area contributed by atoms with Gasteiger partial charge in [-0.1, -0.05) is 31.4 Å². The fourth-order valence-corrected chi connectivity index (χ4v) is 3.60. The molecule has 104 valence electrons. The van der Waals surface area contributed by atoms with Gasteiger partial charge in [0.1, 0.15) is 5.75 Å². The van der Waals surface area contributed by atoms with Gasteiger partial charge in [0, 0.05) is 31.7 Å². The van der Waals surface area contributed by atoms with Gasteiger partial charge in [0.2, 0.25) is 0 Å². The SMILES string of the molecule is Oc1ccc(CN2CCNC3(CCCCC3)C2)cc1. The van der Waals surface area contributed by atoms with Crippen molar-refractivity contribution in [2.24, 2.45) is 0 Å². The summed E-state index contributed by atoms with van der Waals surface area (Å²) in [4.78, 5) is 2.56. The lowest BCUT2D eigenvalue weighted by atomic mass is 9.80. The molecule has 1 heterocycles. The number of phenolic OH excluding ortho intramolecular Hbond substituents is 1. The van der Waals surface area contributed by atoms with Gasteiger partial charge in [0.25, 0.3) is 0 Å². The summed E-state index contributed by atoms with van der Waals surface area (Å²) in [6.45, 7) is 4.41. The number of hydrogen-bond donors (Lipinski definition) is 2. The highest BCUT2D eigenvalue weighted by Crippen LogP contribution is 2.31. The van der Waals surface area contributed by atoms with Crippen molar-refractivity contribution < 1.29 is 5.11 Å².